The third-order valence-corrected chi connectivity index (χ3v) is 4.53. The molecule has 0 aliphatic heterocycles. The quantitative estimate of drug-likeness (QED) is 0.829. The molecule has 21 heavy (non-hydrogen) atoms. The molecule has 1 rings (SSSR count). The predicted molar refractivity (Wildman–Crippen MR) is 77.1 cm³/mol. The molecule has 0 aromatic heterocycles. The largest absolute Gasteiger partial charge is 0.468 e. The molecule has 8 heteroatoms. The van der Waals surface area contributed by atoms with Gasteiger partial charge in [-0.15, -0.1) is 0 Å². The molecule has 0 aliphatic carbocycles. The van der Waals surface area contributed by atoms with Crippen molar-refractivity contribution in [2.45, 2.75) is 24.8 Å². The van der Waals surface area contributed by atoms with Crippen LogP contribution in [0.25, 0.3) is 0 Å². The summed E-state index contributed by atoms with van der Waals surface area (Å²) in [5, 5.41) is 8.80. The summed E-state index contributed by atoms with van der Waals surface area (Å²) in [6.45, 7) is 3.38. The standard InChI is InChI=1S/C13H15ClN2O4S/c1-8(2)12(13(17)20-3)16-21(18,19)10-5-4-9(7-15)11(14)6-10/h4-6,8,12,16H,1-3H3. The number of esters is 1. The van der Waals surface area contributed by atoms with Crippen molar-refractivity contribution < 1.29 is 17.9 Å². The van der Waals surface area contributed by atoms with Crippen LogP contribution in [0, 0.1) is 17.2 Å². The van der Waals surface area contributed by atoms with E-state index in [4.69, 9.17) is 16.9 Å². The van der Waals surface area contributed by atoms with Crippen LogP contribution in [0.2, 0.25) is 5.02 Å². The number of nitrogens with zero attached hydrogens (tertiary/aromatic N) is 1. The monoisotopic (exact) mass is 330 g/mol. The van der Waals surface area contributed by atoms with Crippen molar-refractivity contribution in [3.63, 3.8) is 0 Å². The van der Waals surface area contributed by atoms with Crippen LogP contribution in [-0.2, 0) is 19.6 Å². The maximum atomic E-state index is 12.3. The zero-order valence-corrected chi connectivity index (χ0v) is 13.3. The Balaban J connectivity index is 3.14. The molecule has 0 fully saturated rings. The Labute approximate surface area is 128 Å². The van der Waals surface area contributed by atoms with Gasteiger partial charge < -0.3 is 4.74 Å². The summed E-state index contributed by atoms with van der Waals surface area (Å²) < 4.78 is 31.4. The van der Waals surface area contributed by atoms with Crippen molar-refractivity contribution in [1.29, 1.82) is 5.26 Å². The summed E-state index contributed by atoms with van der Waals surface area (Å²) in [6.07, 6.45) is 0. The molecule has 0 amide bonds. The van der Waals surface area contributed by atoms with Crippen LogP contribution in [0.3, 0.4) is 0 Å². The first-order valence-corrected chi connectivity index (χ1v) is 7.89. The number of carbonyl (C=O) groups excluding carboxylic acids is 1. The second kappa shape index (κ2) is 6.89. The highest BCUT2D eigenvalue weighted by atomic mass is 35.5. The second-order valence-electron chi connectivity index (χ2n) is 4.62. The molecule has 0 saturated heterocycles. The van der Waals surface area contributed by atoms with Crippen molar-refractivity contribution in [3.05, 3.63) is 28.8 Å². The Hall–Kier alpha value is -1.62. The number of nitrogens with one attached hydrogen (secondary N) is 1. The zero-order chi connectivity index (χ0) is 16.2. The first-order valence-electron chi connectivity index (χ1n) is 6.02. The minimum absolute atomic E-state index is 0.0274. The number of carbonyl (C=O) groups is 1. The highest BCUT2D eigenvalue weighted by Crippen LogP contribution is 2.21. The van der Waals surface area contributed by atoms with Crippen LogP contribution in [0.5, 0.6) is 0 Å². The van der Waals surface area contributed by atoms with Crippen LogP contribution >= 0.6 is 11.6 Å². The molecule has 0 spiro atoms. The number of ether oxygens (including phenoxy) is 1. The summed E-state index contributed by atoms with van der Waals surface area (Å²) in [5.41, 5.74) is 0.170. The zero-order valence-electron chi connectivity index (χ0n) is 11.8. The van der Waals surface area contributed by atoms with Crippen molar-refractivity contribution in [2.24, 2.45) is 5.92 Å². The SMILES string of the molecule is COC(=O)C(NS(=O)(=O)c1ccc(C#N)c(Cl)c1)C(C)C. The summed E-state index contributed by atoms with van der Waals surface area (Å²) >= 11 is 5.82. The summed E-state index contributed by atoms with van der Waals surface area (Å²) in [4.78, 5) is 11.5. The number of hydrogen-bond donors (Lipinski definition) is 1. The molecule has 0 heterocycles. The minimum atomic E-state index is -3.95. The molecule has 1 aromatic rings. The summed E-state index contributed by atoms with van der Waals surface area (Å²) in [5.74, 6) is -0.964. The number of halogens is 1. The van der Waals surface area contributed by atoms with Gasteiger partial charge in [-0.25, -0.2) is 8.42 Å². The van der Waals surface area contributed by atoms with E-state index in [1.165, 1.54) is 19.2 Å². The fourth-order valence-electron chi connectivity index (χ4n) is 1.57. The molecule has 1 atom stereocenters. The maximum absolute atomic E-state index is 12.3. The van der Waals surface area contributed by atoms with E-state index in [0.29, 0.717) is 0 Å². The average Bonchev–Trinajstić information content (AvgIpc) is 2.43. The highest BCUT2D eigenvalue weighted by Gasteiger charge is 2.29. The van der Waals surface area contributed by atoms with Crippen LogP contribution in [0.15, 0.2) is 23.1 Å². The van der Waals surface area contributed by atoms with E-state index in [2.05, 4.69) is 9.46 Å². The van der Waals surface area contributed by atoms with Gasteiger partial charge in [0.25, 0.3) is 0 Å². The molecular weight excluding hydrogens is 316 g/mol. The van der Waals surface area contributed by atoms with E-state index in [0.717, 1.165) is 6.07 Å². The molecule has 1 aromatic carbocycles. The van der Waals surface area contributed by atoms with Crippen molar-refractivity contribution >= 4 is 27.6 Å². The Bertz CT molecular complexity index is 680. The van der Waals surface area contributed by atoms with Gasteiger partial charge in [-0.05, 0) is 24.1 Å². The molecule has 0 aliphatic rings. The highest BCUT2D eigenvalue weighted by molar-refractivity contribution is 7.89. The Morgan fingerprint density at radius 1 is 1.43 bits per heavy atom. The molecule has 114 valence electrons. The first kappa shape index (κ1) is 17.4. The van der Waals surface area contributed by atoms with E-state index in [1.807, 2.05) is 6.07 Å². The van der Waals surface area contributed by atoms with Gasteiger partial charge in [0.15, 0.2) is 0 Å². The van der Waals surface area contributed by atoms with Gasteiger partial charge in [0.05, 0.1) is 22.6 Å². The van der Waals surface area contributed by atoms with E-state index < -0.39 is 22.0 Å². The molecule has 1 N–H and O–H groups in total. The van der Waals surface area contributed by atoms with E-state index in [-0.39, 0.29) is 21.4 Å². The molecule has 6 nitrogen and oxygen atoms in total. The van der Waals surface area contributed by atoms with E-state index in [9.17, 15) is 13.2 Å². The fraction of sp³-hybridized carbons (Fsp3) is 0.385. The normalized spacial score (nSPS) is 12.8. The van der Waals surface area contributed by atoms with Crippen LogP contribution in [0.4, 0.5) is 0 Å². The van der Waals surface area contributed by atoms with Gasteiger partial charge in [0.1, 0.15) is 12.1 Å². The number of sulfonamides is 1. The second-order valence-corrected chi connectivity index (χ2v) is 6.74. The molecule has 1 unspecified atom stereocenters. The maximum Gasteiger partial charge on any atom is 0.324 e. The lowest BCUT2D eigenvalue weighted by molar-refractivity contribution is -0.143. The predicted octanol–water partition coefficient (Wildman–Crippen LogP) is 1.69. The van der Waals surface area contributed by atoms with Crippen molar-refractivity contribution in [1.82, 2.24) is 4.72 Å². The number of methoxy groups -OCH3 is 1. The van der Waals surface area contributed by atoms with Gasteiger partial charge in [0.2, 0.25) is 10.0 Å². The Kier molecular flexibility index (Phi) is 5.72. The lowest BCUT2D eigenvalue weighted by Gasteiger charge is -2.19. The van der Waals surface area contributed by atoms with Crippen LogP contribution in [0.1, 0.15) is 19.4 Å². The Morgan fingerprint density at radius 2 is 2.05 bits per heavy atom. The van der Waals surface area contributed by atoms with Gasteiger partial charge in [-0.2, -0.15) is 9.98 Å². The number of benzene rings is 1. The topological polar surface area (TPSA) is 96.3 Å². The molecular formula is C13H15ClN2O4S. The lowest BCUT2D eigenvalue weighted by Crippen LogP contribution is -2.44. The fourth-order valence-corrected chi connectivity index (χ4v) is 3.22. The summed E-state index contributed by atoms with van der Waals surface area (Å²) in [7, 11) is -2.77. The van der Waals surface area contributed by atoms with Crippen molar-refractivity contribution in [3.8, 4) is 6.07 Å². The van der Waals surface area contributed by atoms with Crippen molar-refractivity contribution in [2.75, 3.05) is 7.11 Å². The number of nitriles is 1. The first-order chi connectivity index (χ1) is 9.72. The third kappa shape index (κ3) is 4.17. The van der Waals surface area contributed by atoms with Gasteiger partial charge >= 0.3 is 5.97 Å². The van der Waals surface area contributed by atoms with E-state index in [1.54, 1.807) is 13.8 Å². The molecule has 0 radical (unpaired) electrons. The summed E-state index contributed by atoms with van der Waals surface area (Å²) in [6, 6.07) is 4.55. The van der Waals surface area contributed by atoms with Gasteiger partial charge in [0, 0.05) is 0 Å². The average molecular weight is 331 g/mol. The van der Waals surface area contributed by atoms with Crippen LogP contribution in [-0.4, -0.2) is 27.5 Å². The van der Waals surface area contributed by atoms with Crippen LogP contribution < -0.4 is 4.72 Å². The molecule has 0 bridgehead atoms. The van der Waals surface area contributed by atoms with Gasteiger partial charge in [-0.1, -0.05) is 25.4 Å². The van der Waals surface area contributed by atoms with E-state index >= 15 is 0 Å². The lowest BCUT2D eigenvalue weighted by atomic mass is 10.1. The number of hydrogen-bond acceptors (Lipinski definition) is 5. The van der Waals surface area contributed by atoms with Gasteiger partial charge in [-0.3, -0.25) is 4.79 Å². The molecule has 0 saturated carbocycles. The minimum Gasteiger partial charge on any atom is -0.468 e. The number of rotatable bonds is 5. The smallest absolute Gasteiger partial charge is 0.324 e. The Morgan fingerprint density at radius 3 is 2.48 bits per heavy atom. The third-order valence-electron chi connectivity index (χ3n) is 2.78.